The van der Waals surface area contributed by atoms with Gasteiger partial charge in [-0.2, -0.15) is 0 Å². The molecule has 4 unspecified atom stereocenters. The number of esters is 1. The third-order valence-corrected chi connectivity index (χ3v) is 6.94. The second-order valence-electron chi connectivity index (χ2n) is 10.4. The maximum atomic E-state index is 12.5. The lowest BCUT2D eigenvalue weighted by Crippen LogP contribution is -2.67. The van der Waals surface area contributed by atoms with E-state index >= 15 is 0 Å². The number of carbonyl (C=O) groups excluding carboxylic acids is 1. The quantitative estimate of drug-likeness (QED) is 0.581. The van der Waals surface area contributed by atoms with E-state index in [9.17, 15) is 9.90 Å². The fourth-order valence-corrected chi connectivity index (χ4v) is 5.19. The number of hydrogen-bond acceptors (Lipinski definition) is 5. The Bertz CT molecular complexity index is 765. The molecule has 0 radical (unpaired) electrons. The summed E-state index contributed by atoms with van der Waals surface area (Å²) in [4.78, 5) is 12.5. The van der Waals surface area contributed by atoms with Crippen LogP contribution in [0.2, 0.25) is 0 Å². The Kier molecular flexibility index (Phi) is 5.83. The van der Waals surface area contributed by atoms with Crippen LogP contribution in [-0.2, 0) is 15.7 Å². The van der Waals surface area contributed by atoms with E-state index in [1.807, 2.05) is 39.8 Å². The van der Waals surface area contributed by atoms with Crippen molar-refractivity contribution < 1.29 is 24.0 Å². The first-order chi connectivity index (χ1) is 13.4. The summed E-state index contributed by atoms with van der Waals surface area (Å²) in [6.07, 6.45) is 2.43. The van der Waals surface area contributed by atoms with Crippen LogP contribution in [-0.4, -0.2) is 43.0 Å². The maximum absolute atomic E-state index is 12.5. The third kappa shape index (κ3) is 4.20. The van der Waals surface area contributed by atoms with E-state index < -0.39 is 17.2 Å². The minimum Gasteiger partial charge on any atom is -0.496 e. The zero-order valence-electron chi connectivity index (χ0n) is 18.9. The van der Waals surface area contributed by atoms with Gasteiger partial charge in [0, 0.05) is 0 Å². The van der Waals surface area contributed by atoms with Gasteiger partial charge in [-0.05, 0) is 75.7 Å². The van der Waals surface area contributed by atoms with Crippen LogP contribution < -0.4 is 4.74 Å². The molecule has 5 nitrogen and oxygen atoms in total. The summed E-state index contributed by atoms with van der Waals surface area (Å²) in [6.45, 7) is 12.0. The van der Waals surface area contributed by atoms with Crippen LogP contribution in [0.4, 0.5) is 0 Å². The molecule has 0 amide bonds. The first kappa shape index (κ1) is 22.2. The van der Waals surface area contributed by atoms with Crippen molar-refractivity contribution in [1.82, 2.24) is 0 Å². The molecule has 1 aromatic rings. The Hall–Kier alpha value is -1.53. The van der Waals surface area contributed by atoms with Gasteiger partial charge in [-0.25, -0.2) is 4.79 Å². The Morgan fingerprint density at radius 1 is 1.24 bits per heavy atom. The van der Waals surface area contributed by atoms with E-state index in [0.717, 1.165) is 18.4 Å². The lowest BCUT2D eigenvalue weighted by molar-refractivity contribution is -0.238. The van der Waals surface area contributed by atoms with E-state index in [1.54, 1.807) is 13.2 Å². The zero-order chi connectivity index (χ0) is 21.6. The monoisotopic (exact) mass is 402 g/mol. The van der Waals surface area contributed by atoms with E-state index in [4.69, 9.17) is 14.1 Å². The lowest BCUT2D eigenvalue weighted by atomic mass is 9.43. The van der Waals surface area contributed by atoms with Crippen molar-refractivity contribution in [3.8, 4) is 5.75 Å². The molecular formula is C23H35BO5. The summed E-state index contributed by atoms with van der Waals surface area (Å²) in [5, 5.41) is 11.1. The summed E-state index contributed by atoms with van der Waals surface area (Å²) >= 11 is 0. The normalized spacial score (nSPS) is 30.3. The van der Waals surface area contributed by atoms with Gasteiger partial charge < -0.3 is 19.2 Å². The number of benzene rings is 1. The van der Waals surface area contributed by atoms with E-state index in [0.29, 0.717) is 31.0 Å². The maximum Gasteiger partial charge on any atom is 0.342 e. The van der Waals surface area contributed by atoms with Gasteiger partial charge in [-0.3, -0.25) is 0 Å². The number of aliphatic hydroxyl groups is 1. The van der Waals surface area contributed by atoms with Crippen molar-refractivity contribution in [2.24, 2.45) is 17.3 Å². The van der Waals surface area contributed by atoms with Crippen molar-refractivity contribution >= 4 is 13.5 Å². The van der Waals surface area contributed by atoms with Crippen molar-refractivity contribution in [1.29, 1.82) is 0 Å². The van der Waals surface area contributed by atoms with Gasteiger partial charge in [0.1, 0.15) is 16.9 Å². The van der Waals surface area contributed by atoms with E-state index in [-0.39, 0.29) is 17.4 Å². The van der Waals surface area contributed by atoms with Crippen LogP contribution in [0.1, 0.15) is 70.3 Å². The Labute approximate surface area is 175 Å². The SMILES string of the molecule is COc1c(CBOC2CC3CC(C3(C)C)C2(C)O)cccc1C(=O)OC(C)(C)C. The van der Waals surface area contributed by atoms with Crippen molar-refractivity contribution in [2.45, 2.75) is 78.0 Å². The standard InChI is InChI=1S/C23H35BO5/c1-21(2,3)28-20(25)16-10-8-9-14(19(16)27-7)13-24-29-18-12-15-11-17(22(15,4)5)23(18,6)26/h8-10,15,17-18,24,26H,11-13H2,1-7H3. The predicted molar refractivity (Wildman–Crippen MR) is 115 cm³/mol. The molecular weight excluding hydrogens is 367 g/mol. The minimum absolute atomic E-state index is 0.153. The highest BCUT2D eigenvalue weighted by Gasteiger charge is 2.63. The second-order valence-corrected chi connectivity index (χ2v) is 10.4. The predicted octanol–water partition coefficient (Wildman–Crippen LogP) is 3.70. The average Bonchev–Trinajstić information content (AvgIpc) is 2.60. The molecule has 4 rings (SSSR count). The molecule has 4 atom stereocenters. The smallest absolute Gasteiger partial charge is 0.342 e. The first-order valence-electron chi connectivity index (χ1n) is 10.6. The summed E-state index contributed by atoms with van der Waals surface area (Å²) in [7, 11) is 2.03. The average molecular weight is 402 g/mol. The van der Waals surface area contributed by atoms with Gasteiger partial charge in [0.15, 0.2) is 0 Å². The number of para-hydroxylation sites is 1. The van der Waals surface area contributed by atoms with Crippen LogP contribution in [0.25, 0.3) is 0 Å². The molecule has 3 fully saturated rings. The molecule has 0 aromatic heterocycles. The number of rotatable bonds is 6. The van der Waals surface area contributed by atoms with Crippen molar-refractivity contribution in [3.05, 3.63) is 29.3 Å². The summed E-state index contributed by atoms with van der Waals surface area (Å²) in [6, 6.07) is 5.50. The summed E-state index contributed by atoms with van der Waals surface area (Å²) < 4.78 is 17.2. The molecule has 2 bridgehead atoms. The minimum atomic E-state index is -0.805. The molecule has 1 N–H and O–H groups in total. The van der Waals surface area contributed by atoms with Gasteiger partial charge in [0.05, 0.1) is 18.8 Å². The number of ether oxygens (including phenoxy) is 2. The van der Waals surface area contributed by atoms with Crippen LogP contribution in [0.5, 0.6) is 5.75 Å². The molecule has 29 heavy (non-hydrogen) atoms. The van der Waals surface area contributed by atoms with Crippen LogP contribution in [0.3, 0.4) is 0 Å². The molecule has 1 aromatic carbocycles. The molecule has 0 spiro atoms. The number of hydrogen-bond donors (Lipinski definition) is 1. The fourth-order valence-electron chi connectivity index (χ4n) is 5.19. The third-order valence-electron chi connectivity index (χ3n) is 6.94. The molecule has 3 aliphatic carbocycles. The topological polar surface area (TPSA) is 65.0 Å². The van der Waals surface area contributed by atoms with E-state index in [2.05, 4.69) is 13.8 Å². The van der Waals surface area contributed by atoms with Gasteiger partial charge >= 0.3 is 5.97 Å². The first-order valence-corrected chi connectivity index (χ1v) is 10.6. The molecule has 0 aliphatic heterocycles. The van der Waals surface area contributed by atoms with Gasteiger partial charge in [-0.1, -0.05) is 26.0 Å². The van der Waals surface area contributed by atoms with Crippen molar-refractivity contribution in [3.63, 3.8) is 0 Å². The fraction of sp³-hybridized carbons (Fsp3) is 0.696. The molecule has 0 heterocycles. The molecule has 6 heteroatoms. The van der Waals surface area contributed by atoms with Crippen molar-refractivity contribution in [2.75, 3.05) is 7.11 Å². The highest BCUT2D eigenvalue weighted by Crippen LogP contribution is 2.63. The summed E-state index contributed by atoms with van der Waals surface area (Å²) in [5.41, 5.74) is 0.140. The zero-order valence-corrected chi connectivity index (χ0v) is 18.9. The van der Waals surface area contributed by atoms with Gasteiger partial charge in [0.25, 0.3) is 7.48 Å². The Morgan fingerprint density at radius 2 is 1.93 bits per heavy atom. The van der Waals surface area contributed by atoms with Crippen LogP contribution in [0, 0.1) is 17.3 Å². The molecule has 3 saturated carbocycles. The number of methoxy groups -OCH3 is 1. The summed E-state index contributed by atoms with van der Waals surface area (Å²) in [5.74, 6) is 1.03. The second kappa shape index (κ2) is 7.62. The van der Waals surface area contributed by atoms with Gasteiger partial charge in [-0.15, -0.1) is 0 Å². The highest BCUT2D eigenvalue weighted by atomic mass is 16.6. The highest BCUT2D eigenvalue weighted by molar-refractivity contribution is 6.27. The number of carbonyl (C=O) groups is 1. The molecule has 3 aliphatic rings. The Balaban J connectivity index is 1.66. The Morgan fingerprint density at radius 3 is 2.48 bits per heavy atom. The molecule has 0 saturated heterocycles. The largest absolute Gasteiger partial charge is 0.496 e. The van der Waals surface area contributed by atoms with Crippen LogP contribution in [0.15, 0.2) is 18.2 Å². The van der Waals surface area contributed by atoms with Gasteiger partial charge in [0.2, 0.25) is 0 Å². The lowest BCUT2D eigenvalue weighted by Gasteiger charge is -2.65. The molecule has 160 valence electrons. The van der Waals surface area contributed by atoms with Crippen LogP contribution >= 0.6 is 0 Å². The number of fused-ring (bicyclic) bond motifs is 2. The van der Waals surface area contributed by atoms with E-state index in [1.165, 1.54) is 0 Å².